The molecule has 6 heteroatoms. The van der Waals surface area contributed by atoms with E-state index in [0.717, 1.165) is 27.7 Å². The summed E-state index contributed by atoms with van der Waals surface area (Å²) in [5.41, 5.74) is 6.69. The summed E-state index contributed by atoms with van der Waals surface area (Å²) < 4.78 is 12.7. The van der Waals surface area contributed by atoms with Crippen molar-refractivity contribution >= 4 is 23.0 Å². The fourth-order valence-corrected chi connectivity index (χ4v) is 3.16. The maximum atomic E-state index is 12.2. The second-order valence-electron chi connectivity index (χ2n) is 6.23. The summed E-state index contributed by atoms with van der Waals surface area (Å²) in [7, 11) is 2.02. The van der Waals surface area contributed by atoms with Crippen molar-refractivity contribution in [2.24, 2.45) is 12.1 Å². The fourth-order valence-electron chi connectivity index (χ4n) is 3.16. The topological polar surface area (TPSA) is 64.8 Å². The van der Waals surface area contributed by atoms with Gasteiger partial charge in [-0.3, -0.25) is 4.79 Å². The summed E-state index contributed by atoms with van der Waals surface area (Å²) in [6.45, 7) is 2.26. The van der Waals surface area contributed by atoms with Crippen molar-refractivity contribution in [2.75, 3.05) is 6.79 Å². The maximum absolute atomic E-state index is 12.2. The minimum atomic E-state index is -0.182. The number of rotatable bonds is 4. The molecule has 0 bridgehead atoms. The number of ether oxygens (including phenoxy) is 2. The number of para-hydroxylation sites is 1. The van der Waals surface area contributed by atoms with E-state index >= 15 is 0 Å². The monoisotopic (exact) mass is 349 g/mol. The van der Waals surface area contributed by atoms with Gasteiger partial charge in [-0.25, -0.2) is 5.43 Å². The van der Waals surface area contributed by atoms with Crippen LogP contribution < -0.4 is 14.9 Å². The molecule has 0 atom stereocenters. The van der Waals surface area contributed by atoms with Crippen molar-refractivity contribution in [3.05, 3.63) is 59.3 Å². The van der Waals surface area contributed by atoms with Gasteiger partial charge in [-0.2, -0.15) is 5.10 Å². The molecule has 0 radical (unpaired) electrons. The number of aryl methyl sites for hydroxylation is 1. The van der Waals surface area contributed by atoms with E-state index in [-0.39, 0.29) is 19.1 Å². The van der Waals surface area contributed by atoms with Crippen LogP contribution in [0, 0.1) is 6.92 Å². The number of hydrogen-bond acceptors (Lipinski definition) is 4. The number of carbonyl (C=O) groups excluding carboxylic acids is 1. The molecule has 2 heterocycles. The van der Waals surface area contributed by atoms with Crippen LogP contribution in [0.2, 0.25) is 0 Å². The molecule has 26 heavy (non-hydrogen) atoms. The first-order valence-corrected chi connectivity index (χ1v) is 8.38. The molecule has 1 N–H and O–H groups in total. The average Bonchev–Trinajstić information content (AvgIpc) is 3.20. The number of nitrogens with one attached hydrogen (secondary N) is 1. The first-order valence-electron chi connectivity index (χ1n) is 8.38. The third-order valence-corrected chi connectivity index (χ3v) is 4.63. The summed E-state index contributed by atoms with van der Waals surface area (Å²) >= 11 is 0. The first-order chi connectivity index (χ1) is 12.6. The molecule has 0 saturated heterocycles. The highest BCUT2D eigenvalue weighted by molar-refractivity contribution is 6.01. The summed E-state index contributed by atoms with van der Waals surface area (Å²) in [6, 6.07) is 13.6. The Hall–Kier alpha value is -3.28. The van der Waals surface area contributed by atoms with Crippen LogP contribution in [0.25, 0.3) is 10.9 Å². The van der Waals surface area contributed by atoms with Crippen LogP contribution in [-0.2, 0) is 18.3 Å². The molecule has 132 valence electrons. The number of amides is 1. The van der Waals surface area contributed by atoms with Gasteiger partial charge in [0.1, 0.15) is 0 Å². The van der Waals surface area contributed by atoms with Gasteiger partial charge in [0.2, 0.25) is 12.7 Å². The second kappa shape index (κ2) is 6.55. The van der Waals surface area contributed by atoms with Crippen molar-refractivity contribution in [3.8, 4) is 11.5 Å². The van der Waals surface area contributed by atoms with E-state index in [2.05, 4.69) is 27.2 Å². The summed E-state index contributed by atoms with van der Waals surface area (Å²) in [6.07, 6.45) is 1.93. The number of carbonyl (C=O) groups is 1. The predicted octanol–water partition coefficient (Wildman–Crippen LogP) is 2.91. The number of hydrazone groups is 1. The standard InChI is InChI=1S/C20H19N3O3/c1-13-16(15-5-3-4-6-17(15)23(13)2)11-21-22-20(24)10-14-7-8-18-19(9-14)26-12-25-18/h3-9,11H,10,12H2,1-2H3,(H,22,24)/b21-11-. The Balaban J connectivity index is 1.46. The minimum Gasteiger partial charge on any atom is -0.454 e. The molecule has 0 spiro atoms. The summed E-state index contributed by atoms with van der Waals surface area (Å²) in [4.78, 5) is 12.2. The molecule has 0 saturated carbocycles. The molecule has 6 nitrogen and oxygen atoms in total. The van der Waals surface area contributed by atoms with Gasteiger partial charge in [-0.1, -0.05) is 24.3 Å². The largest absolute Gasteiger partial charge is 0.454 e. The molecule has 0 aliphatic carbocycles. The number of nitrogens with zero attached hydrogens (tertiary/aromatic N) is 2. The van der Waals surface area contributed by atoms with Gasteiger partial charge in [-0.05, 0) is 30.7 Å². The lowest BCUT2D eigenvalue weighted by molar-refractivity contribution is -0.120. The van der Waals surface area contributed by atoms with E-state index in [1.807, 2.05) is 44.3 Å². The van der Waals surface area contributed by atoms with Crippen LogP contribution >= 0.6 is 0 Å². The van der Waals surface area contributed by atoms with E-state index in [9.17, 15) is 4.79 Å². The predicted molar refractivity (Wildman–Crippen MR) is 99.7 cm³/mol. The van der Waals surface area contributed by atoms with Gasteiger partial charge in [0.05, 0.1) is 12.6 Å². The van der Waals surface area contributed by atoms with E-state index in [1.54, 1.807) is 6.21 Å². The Bertz CT molecular complexity index is 1020. The van der Waals surface area contributed by atoms with Gasteiger partial charge < -0.3 is 14.0 Å². The summed E-state index contributed by atoms with van der Waals surface area (Å²) in [5, 5.41) is 5.25. The van der Waals surface area contributed by atoms with Gasteiger partial charge in [0, 0.05) is 29.2 Å². The van der Waals surface area contributed by atoms with E-state index in [1.165, 1.54) is 0 Å². The van der Waals surface area contributed by atoms with E-state index < -0.39 is 0 Å². The Morgan fingerprint density at radius 3 is 2.92 bits per heavy atom. The molecule has 1 aromatic heterocycles. The molecule has 2 aromatic carbocycles. The molecule has 1 amide bonds. The highest BCUT2D eigenvalue weighted by Gasteiger charge is 2.14. The van der Waals surface area contributed by atoms with Gasteiger partial charge in [0.15, 0.2) is 11.5 Å². The van der Waals surface area contributed by atoms with Crippen LogP contribution in [-0.4, -0.2) is 23.5 Å². The molecular formula is C20H19N3O3. The maximum Gasteiger partial charge on any atom is 0.244 e. The Morgan fingerprint density at radius 2 is 2.04 bits per heavy atom. The molecule has 0 fully saturated rings. The van der Waals surface area contributed by atoms with Crippen LogP contribution in [0.15, 0.2) is 47.6 Å². The fraction of sp³-hybridized carbons (Fsp3) is 0.200. The zero-order chi connectivity index (χ0) is 18.1. The van der Waals surface area contributed by atoms with Gasteiger partial charge >= 0.3 is 0 Å². The lowest BCUT2D eigenvalue weighted by Crippen LogP contribution is -2.19. The third kappa shape index (κ3) is 2.90. The van der Waals surface area contributed by atoms with Gasteiger partial charge in [-0.15, -0.1) is 0 Å². The first kappa shape index (κ1) is 16.2. The molecule has 0 unspecified atom stereocenters. The van der Waals surface area contributed by atoms with Crippen molar-refractivity contribution in [1.82, 2.24) is 9.99 Å². The molecule has 1 aliphatic rings. The van der Waals surface area contributed by atoms with Gasteiger partial charge in [0.25, 0.3) is 0 Å². The molecule has 4 rings (SSSR count). The van der Waals surface area contributed by atoms with Crippen LogP contribution in [0.5, 0.6) is 11.5 Å². The van der Waals surface area contributed by atoms with E-state index in [0.29, 0.717) is 11.5 Å². The minimum absolute atomic E-state index is 0.182. The second-order valence-corrected chi connectivity index (χ2v) is 6.23. The van der Waals surface area contributed by atoms with Crippen LogP contribution in [0.4, 0.5) is 0 Å². The van der Waals surface area contributed by atoms with Crippen molar-refractivity contribution in [3.63, 3.8) is 0 Å². The molecule has 1 aliphatic heterocycles. The molecule has 3 aromatic rings. The number of benzene rings is 2. The smallest absolute Gasteiger partial charge is 0.244 e. The third-order valence-electron chi connectivity index (χ3n) is 4.63. The summed E-state index contributed by atoms with van der Waals surface area (Å²) in [5.74, 6) is 1.20. The Kier molecular flexibility index (Phi) is 4.08. The number of fused-ring (bicyclic) bond motifs is 2. The lowest BCUT2D eigenvalue weighted by Gasteiger charge is -2.02. The Morgan fingerprint density at radius 1 is 1.23 bits per heavy atom. The van der Waals surface area contributed by atoms with E-state index in [4.69, 9.17) is 9.47 Å². The van der Waals surface area contributed by atoms with Crippen molar-refractivity contribution in [2.45, 2.75) is 13.3 Å². The zero-order valence-corrected chi connectivity index (χ0v) is 14.7. The lowest BCUT2D eigenvalue weighted by atomic mass is 10.1. The number of aromatic nitrogens is 1. The number of hydrogen-bond donors (Lipinski definition) is 1. The average molecular weight is 349 g/mol. The van der Waals surface area contributed by atoms with Crippen LogP contribution in [0.3, 0.4) is 0 Å². The van der Waals surface area contributed by atoms with Crippen molar-refractivity contribution in [1.29, 1.82) is 0 Å². The highest BCUT2D eigenvalue weighted by atomic mass is 16.7. The zero-order valence-electron chi connectivity index (χ0n) is 14.7. The normalized spacial score (nSPS) is 12.8. The molecular weight excluding hydrogens is 330 g/mol. The quantitative estimate of drug-likeness (QED) is 0.582. The highest BCUT2D eigenvalue weighted by Crippen LogP contribution is 2.32. The Labute approximate surface area is 151 Å². The van der Waals surface area contributed by atoms with Crippen molar-refractivity contribution < 1.29 is 14.3 Å². The van der Waals surface area contributed by atoms with Crippen LogP contribution in [0.1, 0.15) is 16.8 Å². The SMILES string of the molecule is Cc1c(/C=N\NC(=O)Cc2ccc3c(c2)OCO3)c2ccccc2n1C.